The summed E-state index contributed by atoms with van der Waals surface area (Å²) in [5.41, 5.74) is 1.65. The first-order chi connectivity index (χ1) is 14.4. The maximum atomic E-state index is 15.5. The molecular formula is C22H21BrFN3O2S. The number of thiazole rings is 1. The SMILES string of the molecule is CCOc1cc(OC(C)C)c(F)c(C(Nc2ccc(C#N)cc2)c2nc(Br)cs2)c1. The number of hydrogen-bond acceptors (Lipinski definition) is 6. The van der Waals surface area contributed by atoms with Gasteiger partial charge in [0.1, 0.15) is 21.4 Å². The van der Waals surface area contributed by atoms with Crippen LogP contribution in [0, 0.1) is 17.1 Å². The maximum Gasteiger partial charge on any atom is 0.171 e. The van der Waals surface area contributed by atoms with Gasteiger partial charge in [-0.15, -0.1) is 11.3 Å². The number of hydrogen-bond donors (Lipinski definition) is 1. The molecule has 1 N–H and O–H groups in total. The molecule has 156 valence electrons. The number of nitrogens with zero attached hydrogens (tertiary/aromatic N) is 2. The number of halogens is 2. The lowest BCUT2D eigenvalue weighted by molar-refractivity contribution is 0.228. The molecule has 0 bridgehead atoms. The van der Waals surface area contributed by atoms with Crippen molar-refractivity contribution in [2.24, 2.45) is 0 Å². The molecule has 30 heavy (non-hydrogen) atoms. The van der Waals surface area contributed by atoms with Crippen LogP contribution in [0.25, 0.3) is 0 Å². The van der Waals surface area contributed by atoms with Crippen LogP contribution in [0.3, 0.4) is 0 Å². The molecule has 0 aliphatic heterocycles. The predicted molar refractivity (Wildman–Crippen MR) is 120 cm³/mol. The van der Waals surface area contributed by atoms with Crippen molar-refractivity contribution in [2.45, 2.75) is 32.9 Å². The van der Waals surface area contributed by atoms with E-state index in [0.29, 0.717) is 33.1 Å². The largest absolute Gasteiger partial charge is 0.494 e. The lowest BCUT2D eigenvalue weighted by atomic mass is 10.0. The minimum absolute atomic E-state index is 0.133. The topological polar surface area (TPSA) is 67.2 Å². The van der Waals surface area contributed by atoms with Gasteiger partial charge in [0.05, 0.1) is 24.3 Å². The van der Waals surface area contributed by atoms with E-state index in [9.17, 15) is 0 Å². The monoisotopic (exact) mass is 489 g/mol. The van der Waals surface area contributed by atoms with Gasteiger partial charge in [-0.1, -0.05) is 0 Å². The minimum Gasteiger partial charge on any atom is -0.494 e. The highest BCUT2D eigenvalue weighted by Crippen LogP contribution is 2.37. The van der Waals surface area contributed by atoms with Crippen LogP contribution in [-0.4, -0.2) is 17.7 Å². The average Bonchev–Trinajstić information content (AvgIpc) is 3.15. The zero-order valence-corrected chi connectivity index (χ0v) is 19.2. The number of nitriles is 1. The zero-order valence-electron chi connectivity index (χ0n) is 16.8. The molecule has 3 aromatic rings. The van der Waals surface area contributed by atoms with Gasteiger partial charge in [0.25, 0.3) is 0 Å². The molecular weight excluding hydrogens is 469 g/mol. The van der Waals surface area contributed by atoms with E-state index in [-0.39, 0.29) is 11.9 Å². The third kappa shape index (κ3) is 5.29. The van der Waals surface area contributed by atoms with Crippen molar-refractivity contribution >= 4 is 33.0 Å². The summed E-state index contributed by atoms with van der Waals surface area (Å²) >= 11 is 4.78. The maximum absolute atomic E-state index is 15.5. The van der Waals surface area contributed by atoms with E-state index in [4.69, 9.17) is 14.7 Å². The van der Waals surface area contributed by atoms with Crippen LogP contribution in [0.15, 0.2) is 46.4 Å². The minimum atomic E-state index is -0.579. The van der Waals surface area contributed by atoms with Gasteiger partial charge in [-0.05, 0) is 67.0 Å². The van der Waals surface area contributed by atoms with Crippen molar-refractivity contribution in [3.05, 3.63) is 68.3 Å². The Balaban J connectivity index is 2.09. The summed E-state index contributed by atoms with van der Waals surface area (Å²) in [5, 5.41) is 14.9. The molecule has 1 unspecified atom stereocenters. The van der Waals surface area contributed by atoms with Gasteiger partial charge in [-0.25, -0.2) is 9.37 Å². The highest BCUT2D eigenvalue weighted by molar-refractivity contribution is 9.10. The van der Waals surface area contributed by atoms with Crippen molar-refractivity contribution in [3.63, 3.8) is 0 Å². The van der Waals surface area contributed by atoms with Gasteiger partial charge in [0.2, 0.25) is 0 Å². The molecule has 0 saturated heterocycles. The molecule has 5 nitrogen and oxygen atoms in total. The summed E-state index contributed by atoms with van der Waals surface area (Å²) in [6.07, 6.45) is -0.192. The van der Waals surface area contributed by atoms with Crippen LogP contribution < -0.4 is 14.8 Å². The van der Waals surface area contributed by atoms with E-state index in [2.05, 4.69) is 32.3 Å². The number of aromatic nitrogens is 1. The van der Waals surface area contributed by atoms with E-state index in [1.54, 1.807) is 36.4 Å². The lowest BCUT2D eigenvalue weighted by Crippen LogP contribution is -2.16. The Bertz CT molecular complexity index is 1050. The van der Waals surface area contributed by atoms with Gasteiger partial charge >= 0.3 is 0 Å². The third-order valence-corrected chi connectivity index (χ3v) is 5.71. The smallest absolute Gasteiger partial charge is 0.171 e. The summed E-state index contributed by atoms with van der Waals surface area (Å²) < 4.78 is 27.6. The first-order valence-electron chi connectivity index (χ1n) is 9.41. The van der Waals surface area contributed by atoms with E-state index < -0.39 is 11.9 Å². The number of rotatable bonds is 8. The number of nitrogens with one attached hydrogen (secondary N) is 1. The standard InChI is InChI=1S/C22H21BrFN3O2S/c1-4-28-16-9-17(20(24)18(10-16)29-13(2)3)21(22-27-19(23)12-30-22)26-15-7-5-14(11-25)6-8-15/h5-10,12-13,21,26H,4H2,1-3H3. The summed E-state index contributed by atoms with van der Waals surface area (Å²) in [6.45, 7) is 6.01. The normalized spacial score (nSPS) is 11.8. The molecule has 0 spiro atoms. The van der Waals surface area contributed by atoms with E-state index >= 15 is 4.39 Å². The van der Waals surface area contributed by atoms with Gasteiger partial charge < -0.3 is 14.8 Å². The molecule has 0 radical (unpaired) electrons. The van der Waals surface area contributed by atoms with Gasteiger partial charge in [0, 0.05) is 22.7 Å². The molecule has 0 aliphatic carbocycles. The third-order valence-electron chi connectivity index (χ3n) is 4.09. The Hall–Kier alpha value is -2.63. The van der Waals surface area contributed by atoms with E-state index in [1.165, 1.54) is 11.3 Å². The van der Waals surface area contributed by atoms with Gasteiger partial charge in [-0.2, -0.15) is 5.26 Å². The Labute approximate surface area is 187 Å². The van der Waals surface area contributed by atoms with Crippen molar-refractivity contribution in [3.8, 4) is 17.6 Å². The first-order valence-corrected chi connectivity index (χ1v) is 11.1. The first kappa shape index (κ1) is 22.1. The van der Waals surface area contributed by atoms with Gasteiger partial charge in [0.15, 0.2) is 11.6 Å². The number of anilines is 1. The molecule has 1 heterocycles. The van der Waals surface area contributed by atoms with Gasteiger partial charge in [-0.3, -0.25) is 0 Å². The summed E-state index contributed by atoms with van der Waals surface area (Å²) in [5.74, 6) is 0.185. The fourth-order valence-electron chi connectivity index (χ4n) is 2.87. The van der Waals surface area contributed by atoms with Crippen molar-refractivity contribution in [1.82, 2.24) is 4.98 Å². The average molecular weight is 490 g/mol. The zero-order chi connectivity index (χ0) is 21.7. The Kier molecular flexibility index (Phi) is 7.29. The van der Waals surface area contributed by atoms with Crippen LogP contribution in [0.5, 0.6) is 11.5 Å². The lowest BCUT2D eigenvalue weighted by Gasteiger charge is -2.22. The van der Waals surface area contributed by atoms with E-state index in [1.807, 2.05) is 26.2 Å². The summed E-state index contributed by atoms with van der Waals surface area (Å²) in [6, 6.07) is 11.7. The fourth-order valence-corrected chi connectivity index (χ4v) is 4.21. The number of benzene rings is 2. The molecule has 0 amide bonds. The second-order valence-corrected chi connectivity index (χ2v) is 8.40. The van der Waals surface area contributed by atoms with Crippen molar-refractivity contribution in [2.75, 3.05) is 11.9 Å². The van der Waals surface area contributed by atoms with Crippen LogP contribution in [0.4, 0.5) is 10.1 Å². The molecule has 1 atom stereocenters. The van der Waals surface area contributed by atoms with Crippen LogP contribution in [0.2, 0.25) is 0 Å². The summed E-state index contributed by atoms with van der Waals surface area (Å²) in [7, 11) is 0. The van der Waals surface area contributed by atoms with Crippen molar-refractivity contribution < 1.29 is 13.9 Å². The molecule has 0 saturated carbocycles. The molecule has 2 aromatic carbocycles. The second kappa shape index (κ2) is 9.92. The Morgan fingerprint density at radius 1 is 1.27 bits per heavy atom. The molecule has 3 rings (SSSR count). The highest BCUT2D eigenvalue weighted by Gasteiger charge is 2.25. The Morgan fingerprint density at radius 2 is 2.00 bits per heavy atom. The molecule has 8 heteroatoms. The van der Waals surface area contributed by atoms with E-state index in [0.717, 1.165) is 5.69 Å². The highest BCUT2D eigenvalue weighted by atomic mass is 79.9. The van der Waals surface area contributed by atoms with Crippen LogP contribution in [-0.2, 0) is 0 Å². The van der Waals surface area contributed by atoms with Crippen molar-refractivity contribution in [1.29, 1.82) is 5.26 Å². The molecule has 1 aromatic heterocycles. The second-order valence-electron chi connectivity index (χ2n) is 6.70. The Morgan fingerprint density at radius 3 is 2.57 bits per heavy atom. The number of ether oxygens (including phenoxy) is 2. The quantitative estimate of drug-likeness (QED) is 0.401. The van der Waals surface area contributed by atoms with Crippen LogP contribution >= 0.6 is 27.3 Å². The van der Waals surface area contributed by atoms with Crippen LogP contribution in [0.1, 0.15) is 42.9 Å². The molecule has 0 fully saturated rings. The predicted octanol–water partition coefficient (Wildman–Crippen LogP) is 6.30. The fraction of sp³-hybridized carbons (Fsp3) is 0.273. The molecule has 0 aliphatic rings. The summed E-state index contributed by atoms with van der Waals surface area (Å²) in [4.78, 5) is 4.50.